The summed E-state index contributed by atoms with van der Waals surface area (Å²) < 4.78 is 18.5. The molecule has 3 rings (SSSR count). The summed E-state index contributed by atoms with van der Waals surface area (Å²) in [6.07, 6.45) is -0.617. The van der Waals surface area contributed by atoms with Crippen LogP contribution < -0.4 is 10.1 Å². The molecular weight excluding hydrogens is 377 g/mol. The quantitative estimate of drug-likeness (QED) is 0.776. The van der Waals surface area contributed by atoms with Gasteiger partial charge in [-0.25, -0.2) is 4.39 Å². The largest absolute Gasteiger partial charge is 0.497 e. The summed E-state index contributed by atoms with van der Waals surface area (Å²) in [7, 11) is 1.54. The van der Waals surface area contributed by atoms with E-state index in [9.17, 15) is 14.0 Å². The van der Waals surface area contributed by atoms with Gasteiger partial charge in [0.2, 0.25) is 12.0 Å². The summed E-state index contributed by atoms with van der Waals surface area (Å²) in [6, 6.07) is 12.9. The zero-order valence-corrected chi connectivity index (χ0v) is 16.2. The molecule has 0 bridgehead atoms. The van der Waals surface area contributed by atoms with E-state index >= 15 is 0 Å². The third-order valence-electron chi connectivity index (χ3n) is 4.48. The summed E-state index contributed by atoms with van der Waals surface area (Å²) in [6.45, 7) is 1.99. The maximum Gasteiger partial charge on any atom is 0.267 e. The average molecular weight is 399 g/mol. The Balaban J connectivity index is 1.58. The zero-order chi connectivity index (χ0) is 20.8. The molecule has 29 heavy (non-hydrogen) atoms. The van der Waals surface area contributed by atoms with Gasteiger partial charge in [0.05, 0.1) is 19.4 Å². The molecule has 0 saturated heterocycles. The number of halogens is 1. The van der Waals surface area contributed by atoms with E-state index in [1.807, 2.05) is 0 Å². The standard InChI is InChI=1S/C21H22FN3O4/c1-3-25(13-20(26)23-16-8-5-9-17(11-16)28-2)21(27)19-12-18(24-29-19)14-6-4-7-15(22)10-14/h4-11,19H,3,12-13H2,1-2H3,(H,23,26). The number of oxime groups is 1. The van der Waals surface area contributed by atoms with Crippen LogP contribution in [-0.4, -0.2) is 48.7 Å². The lowest BCUT2D eigenvalue weighted by Crippen LogP contribution is -2.43. The molecule has 0 radical (unpaired) electrons. The highest BCUT2D eigenvalue weighted by atomic mass is 19.1. The number of nitrogens with zero attached hydrogens (tertiary/aromatic N) is 2. The van der Waals surface area contributed by atoms with E-state index in [1.165, 1.54) is 17.0 Å². The van der Waals surface area contributed by atoms with Crippen LogP contribution in [0.5, 0.6) is 5.75 Å². The second-order valence-electron chi connectivity index (χ2n) is 6.48. The Kier molecular flexibility index (Phi) is 6.43. The molecule has 1 aliphatic heterocycles. The van der Waals surface area contributed by atoms with E-state index in [0.717, 1.165) is 0 Å². The molecule has 1 aliphatic rings. The summed E-state index contributed by atoms with van der Waals surface area (Å²) in [5.41, 5.74) is 1.64. The molecule has 0 saturated carbocycles. The van der Waals surface area contributed by atoms with Crippen LogP contribution in [0.1, 0.15) is 18.9 Å². The SMILES string of the molecule is CCN(CC(=O)Nc1cccc(OC)c1)C(=O)C1CC(c2cccc(F)c2)=NO1. The Labute approximate surface area is 168 Å². The highest BCUT2D eigenvalue weighted by Crippen LogP contribution is 2.20. The van der Waals surface area contributed by atoms with Gasteiger partial charge < -0.3 is 19.8 Å². The van der Waals surface area contributed by atoms with Crippen molar-refractivity contribution < 1.29 is 23.6 Å². The van der Waals surface area contributed by atoms with Crippen molar-refractivity contribution in [2.75, 3.05) is 25.5 Å². The lowest BCUT2D eigenvalue weighted by molar-refractivity contribution is -0.143. The number of benzene rings is 2. The molecule has 2 aromatic rings. The Morgan fingerprint density at radius 2 is 2.07 bits per heavy atom. The minimum atomic E-state index is -0.835. The van der Waals surface area contributed by atoms with E-state index in [4.69, 9.17) is 9.57 Å². The normalized spacial score (nSPS) is 15.3. The smallest absolute Gasteiger partial charge is 0.267 e. The molecule has 1 unspecified atom stereocenters. The van der Waals surface area contributed by atoms with Crippen molar-refractivity contribution in [2.45, 2.75) is 19.4 Å². The van der Waals surface area contributed by atoms with Crippen LogP contribution in [0.4, 0.5) is 10.1 Å². The van der Waals surface area contributed by atoms with Crippen LogP contribution in [0.2, 0.25) is 0 Å². The van der Waals surface area contributed by atoms with Crippen molar-refractivity contribution in [3.63, 3.8) is 0 Å². The summed E-state index contributed by atoms with van der Waals surface area (Å²) >= 11 is 0. The van der Waals surface area contributed by atoms with Crippen molar-refractivity contribution in [1.82, 2.24) is 4.90 Å². The predicted octanol–water partition coefficient (Wildman–Crippen LogP) is 2.81. The lowest BCUT2D eigenvalue weighted by Gasteiger charge is -2.22. The number of rotatable bonds is 7. The van der Waals surface area contributed by atoms with Crippen molar-refractivity contribution in [2.24, 2.45) is 5.16 Å². The van der Waals surface area contributed by atoms with E-state index < -0.39 is 6.10 Å². The molecule has 2 amide bonds. The molecule has 0 fully saturated rings. The number of anilines is 1. The first-order valence-corrected chi connectivity index (χ1v) is 9.21. The molecule has 2 aromatic carbocycles. The van der Waals surface area contributed by atoms with Gasteiger partial charge in [-0.3, -0.25) is 9.59 Å². The number of amides is 2. The molecule has 0 aliphatic carbocycles. The van der Waals surface area contributed by atoms with Gasteiger partial charge in [0.15, 0.2) is 0 Å². The van der Waals surface area contributed by atoms with Gasteiger partial charge in [-0.15, -0.1) is 0 Å². The van der Waals surface area contributed by atoms with Crippen LogP contribution in [-0.2, 0) is 14.4 Å². The van der Waals surface area contributed by atoms with Gasteiger partial charge in [0.25, 0.3) is 5.91 Å². The Hall–Kier alpha value is -3.42. The first-order valence-electron chi connectivity index (χ1n) is 9.21. The molecule has 1 atom stereocenters. The van der Waals surface area contributed by atoms with Gasteiger partial charge in [0, 0.05) is 30.3 Å². The minimum Gasteiger partial charge on any atom is -0.497 e. The first kappa shape index (κ1) is 20.3. The van der Waals surface area contributed by atoms with Crippen LogP contribution in [0.3, 0.4) is 0 Å². The third kappa shape index (κ3) is 5.10. The third-order valence-corrected chi connectivity index (χ3v) is 4.48. The lowest BCUT2D eigenvalue weighted by atomic mass is 10.0. The number of carbonyl (C=O) groups is 2. The number of nitrogens with one attached hydrogen (secondary N) is 1. The number of carbonyl (C=O) groups excluding carboxylic acids is 2. The molecule has 152 valence electrons. The zero-order valence-electron chi connectivity index (χ0n) is 16.2. The van der Waals surface area contributed by atoms with Crippen molar-refractivity contribution in [3.05, 3.63) is 59.9 Å². The molecule has 0 aromatic heterocycles. The topological polar surface area (TPSA) is 80.2 Å². The maximum atomic E-state index is 13.4. The maximum absolute atomic E-state index is 13.4. The summed E-state index contributed by atoms with van der Waals surface area (Å²) in [5.74, 6) is -0.446. The molecule has 8 heteroatoms. The fourth-order valence-corrected chi connectivity index (χ4v) is 2.97. The van der Waals surface area contributed by atoms with E-state index in [1.54, 1.807) is 50.4 Å². The van der Waals surface area contributed by atoms with Crippen molar-refractivity contribution in [3.8, 4) is 5.75 Å². The van der Waals surface area contributed by atoms with E-state index in [-0.39, 0.29) is 30.6 Å². The van der Waals surface area contributed by atoms with Gasteiger partial charge in [-0.1, -0.05) is 23.4 Å². The number of ether oxygens (including phenoxy) is 1. The minimum absolute atomic E-state index is 0.123. The Morgan fingerprint density at radius 1 is 1.28 bits per heavy atom. The van der Waals surface area contributed by atoms with Gasteiger partial charge in [-0.2, -0.15) is 0 Å². The number of hydrogen-bond acceptors (Lipinski definition) is 5. The summed E-state index contributed by atoms with van der Waals surface area (Å²) in [5, 5.41) is 6.66. The monoisotopic (exact) mass is 399 g/mol. The fraction of sp³-hybridized carbons (Fsp3) is 0.286. The number of likely N-dealkylation sites (N-methyl/N-ethyl adjacent to an activating group) is 1. The number of hydrogen-bond donors (Lipinski definition) is 1. The van der Waals surface area contributed by atoms with E-state index in [2.05, 4.69) is 10.5 Å². The predicted molar refractivity (Wildman–Crippen MR) is 106 cm³/mol. The van der Waals surface area contributed by atoms with Crippen molar-refractivity contribution >= 4 is 23.2 Å². The van der Waals surface area contributed by atoms with Crippen LogP contribution >= 0.6 is 0 Å². The van der Waals surface area contributed by atoms with Crippen molar-refractivity contribution in [1.29, 1.82) is 0 Å². The number of methoxy groups -OCH3 is 1. The van der Waals surface area contributed by atoms with Gasteiger partial charge in [-0.05, 0) is 31.2 Å². The average Bonchev–Trinajstić information content (AvgIpc) is 3.22. The Morgan fingerprint density at radius 3 is 2.79 bits per heavy atom. The second-order valence-corrected chi connectivity index (χ2v) is 6.48. The highest BCUT2D eigenvalue weighted by molar-refractivity contribution is 6.04. The molecule has 1 N–H and O–H groups in total. The van der Waals surface area contributed by atoms with Crippen LogP contribution in [0.15, 0.2) is 53.7 Å². The second kappa shape index (κ2) is 9.18. The van der Waals surface area contributed by atoms with Crippen LogP contribution in [0, 0.1) is 5.82 Å². The van der Waals surface area contributed by atoms with Gasteiger partial charge in [0.1, 0.15) is 11.6 Å². The molecule has 1 heterocycles. The van der Waals surface area contributed by atoms with E-state index in [0.29, 0.717) is 29.3 Å². The highest BCUT2D eigenvalue weighted by Gasteiger charge is 2.32. The molecule has 0 spiro atoms. The van der Waals surface area contributed by atoms with Gasteiger partial charge >= 0.3 is 0 Å². The fourth-order valence-electron chi connectivity index (χ4n) is 2.97. The Bertz CT molecular complexity index is 932. The first-order chi connectivity index (χ1) is 14.0. The summed E-state index contributed by atoms with van der Waals surface area (Å²) in [4.78, 5) is 31.8. The van der Waals surface area contributed by atoms with Crippen LogP contribution in [0.25, 0.3) is 0 Å². The molecular formula is C21H22FN3O4. The molecule has 7 nitrogen and oxygen atoms in total.